The number of pyridine rings is 1. The second-order valence-electron chi connectivity index (χ2n) is 6.95. The zero-order valence-electron chi connectivity index (χ0n) is 14.9. The van der Waals surface area contributed by atoms with Gasteiger partial charge in [-0.1, -0.05) is 0 Å². The normalized spacial score (nSPS) is 21.3. The lowest BCUT2D eigenvalue weighted by Crippen LogP contribution is -2.49. The topological polar surface area (TPSA) is 72.3 Å². The van der Waals surface area contributed by atoms with Gasteiger partial charge in [-0.3, -0.25) is 19.4 Å². The third-order valence-electron chi connectivity index (χ3n) is 5.29. The fourth-order valence-corrected chi connectivity index (χ4v) is 3.84. The Bertz CT molecular complexity index is 727. The molecule has 138 valence electrons. The van der Waals surface area contributed by atoms with Crippen LogP contribution < -0.4 is 5.32 Å². The van der Waals surface area contributed by atoms with E-state index >= 15 is 0 Å². The number of carbonyl (C=O) groups is 1. The van der Waals surface area contributed by atoms with E-state index in [1.54, 1.807) is 18.6 Å². The van der Waals surface area contributed by atoms with Crippen molar-refractivity contribution in [2.45, 2.75) is 37.9 Å². The number of hydrogen-bond acceptors (Lipinski definition) is 5. The predicted octanol–water partition coefficient (Wildman–Crippen LogP) is 1.17. The maximum Gasteiger partial charge on any atom is 0.246 e. The second-order valence-corrected chi connectivity index (χ2v) is 6.95. The lowest BCUT2D eigenvalue weighted by molar-refractivity contribution is -0.126. The summed E-state index contributed by atoms with van der Waals surface area (Å²) in [5.74, 6) is 0.0424. The average Bonchev–Trinajstić information content (AvgIpc) is 3.17. The van der Waals surface area contributed by atoms with Gasteiger partial charge in [-0.15, -0.1) is 0 Å². The van der Waals surface area contributed by atoms with E-state index in [0.29, 0.717) is 19.1 Å². The van der Waals surface area contributed by atoms with E-state index in [1.165, 1.54) is 5.56 Å². The van der Waals surface area contributed by atoms with Crippen LogP contribution in [0.2, 0.25) is 0 Å². The van der Waals surface area contributed by atoms with E-state index < -0.39 is 0 Å². The molecular formula is C19H25N5O2. The number of aromatic nitrogens is 3. The number of amides is 1. The summed E-state index contributed by atoms with van der Waals surface area (Å²) in [6.07, 6.45) is 8.21. The molecular weight excluding hydrogens is 330 g/mol. The molecule has 1 N–H and O–H groups in total. The van der Waals surface area contributed by atoms with Crippen molar-refractivity contribution in [3.63, 3.8) is 0 Å². The average molecular weight is 355 g/mol. The van der Waals surface area contributed by atoms with Gasteiger partial charge in [-0.25, -0.2) is 0 Å². The molecule has 0 spiro atoms. The van der Waals surface area contributed by atoms with Gasteiger partial charge in [0, 0.05) is 57.5 Å². The maximum atomic E-state index is 12.8. The molecule has 0 bridgehead atoms. The molecule has 0 radical (unpaired) electrons. The molecule has 1 amide bonds. The highest BCUT2D eigenvalue weighted by Gasteiger charge is 2.34. The number of ether oxygens (including phenoxy) is 1. The molecule has 2 aromatic rings. The first-order valence-electron chi connectivity index (χ1n) is 9.32. The lowest BCUT2D eigenvalue weighted by Gasteiger charge is -2.39. The molecule has 7 nitrogen and oxygen atoms in total. The lowest BCUT2D eigenvalue weighted by atomic mass is 10.0. The van der Waals surface area contributed by atoms with Gasteiger partial charge >= 0.3 is 0 Å². The molecule has 0 aromatic carbocycles. The Kier molecular flexibility index (Phi) is 5.26. The third kappa shape index (κ3) is 3.78. The first kappa shape index (κ1) is 17.2. The highest BCUT2D eigenvalue weighted by atomic mass is 16.5. The minimum absolute atomic E-state index is 0.0424. The molecule has 1 unspecified atom stereocenters. The van der Waals surface area contributed by atoms with Crippen molar-refractivity contribution in [2.75, 3.05) is 26.3 Å². The summed E-state index contributed by atoms with van der Waals surface area (Å²) in [6.45, 7) is 3.80. The Balaban J connectivity index is 1.40. The van der Waals surface area contributed by atoms with Crippen molar-refractivity contribution in [3.8, 4) is 0 Å². The van der Waals surface area contributed by atoms with Gasteiger partial charge in [-0.05, 0) is 43.0 Å². The Morgan fingerprint density at radius 3 is 2.81 bits per heavy atom. The number of carbonyl (C=O) groups excluding carboxylic acids is 1. The standard InChI is InChI=1S/C19H25N5O2/c25-19(21-9-3-15-1-7-20-8-2-15)18-14-23(16-5-11-26-12-6-16)13-17-4-10-22-24(17)18/h1-2,4,7-8,10,16,18H,3,5-6,9,11-14H2,(H,21,25). The van der Waals surface area contributed by atoms with Crippen LogP contribution in [0.25, 0.3) is 0 Å². The molecule has 1 atom stereocenters. The molecule has 4 rings (SSSR count). The smallest absolute Gasteiger partial charge is 0.246 e. The van der Waals surface area contributed by atoms with Crippen molar-refractivity contribution in [1.29, 1.82) is 0 Å². The zero-order chi connectivity index (χ0) is 17.8. The van der Waals surface area contributed by atoms with Crippen LogP contribution >= 0.6 is 0 Å². The van der Waals surface area contributed by atoms with Crippen LogP contribution in [-0.4, -0.2) is 57.9 Å². The predicted molar refractivity (Wildman–Crippen MR) is 96.5 cm³/mol. The van der Waals surface area contributed by atoms with Crippen molar-refractivity contribution in [2.24, 2.45) is 0 Å². The minimum Gasteiger partial charge on any atom is -0.381 e. The zero-order valence-corrected chi connectivity index (χ0v) is 14.9. The Hall–Kier alpha value is -2.25. The van der Waals surface area contributed by atoms with E-state index in [9.17, 15) is 4.79 Å². The first-order valence-corrected chi connectivity index (χ1v) is 9.32. The van der Waals surface area contributed by atoms with Crippen LogP contribution in [0, 0.1) is 0 Å². The largest absolute Gasteiger partial charge is 0.381 e. The number of nitrogens with zero attached hydrogens (tertiary/aromatic N) is 4. The van der Waals surface area contributed by atoms with Gasteiger partial charge in [0.15, 0.2) is 0 Å². The van der Waals surface area contributed by atoms with Gasteiger partial charge in [0.2, 0.25) is 5.91 Å². The molecule has 4 heterocycles. The van der Waals surface area contributed by atoms with Crippen LogP contribution in [0.5, 0.6) is 0 Å². The number of nitrogens with one attached hydrogen (secondary N) is 1. The van der Waals surface area contributed by atoms with Gasteiger partial charge in [0.25, 0.3) is 0 Å². The fraction of sp³-hybridized carbons (Fsp3) is 0.526. The van der Waals surface area contributed by atoms with E-state index in [4.69, 9.17) is 4.74 Å². The van der Waals surface area contributed by atoms with Crippen LogP contribution in [0.3, 0.4) is 0 Å². The summed E-state index contributed by atoms with van der Waals surface area (Å²) in [6, 6.07) is 6.19. The number of rotatable bonds is 5. The number of hydrogen-bond donors (Lipinski definition) is 1. The molecule has 1 fully saturated rings. The second kappa shape index (κ2) is 7.97. The van der Waals surface area contributed by atoms with E-state index in [0.717, 1.165) is 44.7 Å². The van der Waals surface area contributed by atoms with Gasteiger partial charge < -0.3 is 10.1 Å². The van der Waals surface area contributed by atoms with Crippen LogP contribution in [0.4, 0.5) is 0 Å². The van der Waals surface area contributed by atoms with Gasteiger partial charge in [0.05, 0.1) is 5.69 Å². The van der Waals surface area contributed by atoms with Crippen molar-refractivity contribution in [3.05, 3.63) is 48.0 Å². The summed E-state index contributed by atoms with van der Waals surface area (Å²) < 4.78 is 7.37. The summed E-state index contributed by atoms with van der Waals surface area (Å²) in [4.78, 5) is 19.3. The molecule has 0 saturated carbocycles. The van der Waals surface area contributed by atoms with Crippen molar-refractivity contribution >= 4 is 5.91 Å². The SMILES string of the molecule is O=C(NCCc1ccncc1)C1CN(C2CCOCC2)Cc2ccnn21. The molecule has 0 aliphatic carbocycles. The minimum atomic E-state index is -0.269. The van der Waals surface area contributed by atoms with E-state index in [-0.39, 0.29) is 11.9 Å². The highest BCUT2D eigenvalue weighted by molar-refractivity contribution is 5.80. The van der Waals surface area contributed by atoms with E-state index in [1.807, 2.05) is 22.9 Å². The molecule has 26 heavy (non-hydrogen) atoms. The first-order chi connectivity index (χ1) is 12.8. The van der Waals surface area contributed by atoms with Crippen LogP contribution in [0.15, 0.2) is 36.8 Å². The van der Waals surface area contributed by atoms with Gasteiger partial charge in [0.1, 0.15) is 6.04 Å². The Morgan fingerprint density at radius 2 is 2.00 bits per heavy atom. The highest BCUT2D eigenvalue weighted by Crippen LogP contribution is 2.25. The summed E-state index contributed by atoms with van der Waals surface area (Å²) in [5, 5.41) is 7.48. The molecule has 2 aromatic heterocycles. The van der Waals surface area contributed by atoms with E-state index in [2.05, 4.69) is 20.3 Å². The van der Waals surface area contributed by atoms with Crippen LogP contribution in [-0.2, 0) is 22.5 Å². The van der Waals surface area contributed by atoms with Gasteiger partial charge in [-0.2, -0.15) is 5.10 Å². The Morgan fingerprint density at radius 1 is 1.19 bits per heavy atom. The van der Waals surface area contributed by atoms with Crippen molar-refractivity contribution < 1.29 is 9.53 Å². The quantitative estimate of drug-likeness (QED) is 0.872. The molecule has 1 saturated heterocycles. The van der Waals surface area contributed by atoms with Crippen LogP contribution in [0.1, 0.15) is 30.1 Å². The fourth-order valence-electron chi connectivity index (χ4n) is 3.84. The Labute approximate surface area is 153 Å². The monoisotopic (exact) mass is 355 g/mol. The molecule has 2 aliphatic rings. The number of fused-ring (bicyclic) bond motifs is 1. The maximum absolute atomic E-state index is 12.8. The third-order valence-corrected chi connectivity index (χ3v) is 5.29. The summed E-state index contributed by atoms with van der Waals surface area (Å²) >= 11 is 0. The van der Waals surface area contributed by atoms with Crippen molar-refractivity contribution in [1.82, 2.24) is 25.0 Å². The summed E-state index contributed by atoms with van der Waals surface area (Å²) in [5.41, 5.74) is 2.28. The molecule has 2 aliphatic heterocycles. The summed E-state index contributed by atoms with van der Waals surface area (Å²) in [7, 11) is 0. The molecule has 7 heteroatoms.